The predicted octanol–water partition coefficient (Wildman–Crippen LogP) is 1.13. The summed E-state index contributed by atoms with van der Waals surface area (Å²) in [6.07, 6.45) is 4.11. The van der Waals surface area contributed by atoms with Gasteiger partial charge in [0.25, 0.3) is 0 Å². The second-order valence-electron chi connectivity index (χ2n) is 2.36. The smallest absolute Gasteiger partial charge is 0.177 e. The molecule has 3 nitrogen and oxygen atoms in total. The molecule has 1 aromatic heterocycles. The minimum Gasteiger partial charge on any atom is -0.256 e. The van der Waals surface area contributed by atoms with E-state index in [1.54, 1.807) is 6.07 Å². The fourth-order valence-corrected chi connectivity index (χ4v) is 1.71. The number of rotatable bonds is 2. The number of hydrogen-bond donors (Lipinski definition) is 0. The molecule has 12 heavy (non-hydrogen) atoms. The van der Waals surface area contributed by atoms with Gasteiger partial charge in [0, 0.05) is 12.5 Å². The average Bonchev–Trinajstić information content (AvgIpc) is 2.03. The fraction of sp³-hybridized carbons (Fsp3) is 0.125. The van der Waals surface area contributed by atoms with Crippen molar-refractivity contribution in [1.82, 2.24) is 4.98 Å². The van der Waals surface area contributed by atoms with Crippen molar-refractivity contribution in [3.8, 4) is 0 Å². The zero-order valence-corrected chi connectivity index (χ0v) is 7.50. The first-order valence-corrected chi connectivity index (χ1v) is 5.22. The number of pyridine rings is 1. The minimum absolute atomic E-state index is 0.222. The molecule has 0 aliphatic heterocycles. The molecule has 1 rings (SSSR count). The Balaban J connectivity index is 3.43. The van der Waals surface area contributed by atoms with Gasteiger partial charge in [-0.2, -0.15) is 0 Å². The summed E-state index contributed by atoms with van der Waals surface area (Å²) in [7, 11) is -3.18. The maximum atomic E-state index is 11.1. The number of hydrogen-bond acceptors (Lipinski definition) is 3. The van der Waals surface area contributed by atoms with Crippen LogP contribution in [0, 0.1) is 0 Å². The lowest BCUT2D eigenvalue weighted by molar-refractivity contribution is 0.601. The van der Waals surface area contributed by atoms with Crippen LogP contribution in [0.1, 0.15) is 5.69 Å². The molecule has 0 saturated carbocycles. The maximum Gasteiger partial charge on any atom is 0.177 e. The van der Waals surface area contributed by atoms with Crippen LogP contribution in [-0.2, 0) is 9.84 Å². The lowest BCUT2D eigenvalue weighted by Crippen LogP contribution is -2.00. The van der Waals surface area contributed by atoms with Crippen molar-refractivity contribution in [3.05, 3.63) is 30.6 Å². The van der Waals surface area contributed by atoms with Gasteiger partial charge in [-0.25, -0.2) is 8.42 Å². The molecule has 0 atom stereocenters. The first-order valence-electron chi connectivity index (χ1n) is 3.33. The van der Waals surface area contributed by atoms with Gasteiger partial charge in [-0.05, 0) is 18.2 Å². The summed E-state index contributed by atoms with van der Waals surface area (Å²) >= 11 is 0. The largest absolute Gasteiger partial charge is 0.256 e. The minimum atomic E-state index is -3.18. The van der Waals surface area contributed by atoms with Gasteiger partial charge in [0.05, 0.1) is 10.6 Å². The van der Waals surface area contributed by atoms with Crippen LogP contribution in [0.2, 0.25) is 0 Å². The standard InChI is InChI=1S/C8H9NO2S/c1-3-7-8(12(2,10)11)5-4-6-9-7/h3-6H,1H2,2H3. The van der Waals surface area contributed by atoms with Crippen LogP contribution in [0.25, 0.3) is 6.08 Å². The van der Waals surface area contributed by atoms with E-state index in [2.05, 4.69) is 11.6 Å². The molecule has 4 heteroatoms. The lowest BCUT2D eigenvalue weighted by Gasteiger charge is -2.00. The van der Waals surface area contributed by atoms with Gasteiger partial charge >= 0.3 is 0 Å². The third-order valence-electron chi connectivity index (χ3n) is 1.39. The molecular formula is C8H9NO2S. The van der Waals surface area contributed by atoms with Gasteiger partial charge in [0.15, 0.2) is 9.84 Å². The Morgan fingerprint density at radius 3 is 2.67 bits per heavy atom. The van der Waals surface area contributed by atoms with Crippen LogP contribution in [0.5, 0.6) is 0 Å². The molecule has 0 spiro atoms. The molecule has 0 amide bonds. The summed E-state index contributed by atoms with van der Waals surface area (Å²) in [4.78, 5) is 4.09. The maximum absolute atomic E-state index is 11.1. The first-order chi connectivity index (χ1) is 5.55. The summed E-state index contributed by atoms with van der Waals surface area (Å²) in [6.45, 7) is 3.48. The van der Waals surface area contributed by atoms with Crippen molar-refractivity contribution in [2.75, 3.05) is 6.26 Å². The van der Waals surface area contributed by atoms with Gasteiger partial charge in [-0.1, -0.05) is 6.58 Å². The number of sulfone groups is 1. The van der Waals surface area contributed by atoms with Crippen molar-refractivity contribution in [3.63, 3.8) is 0 Å². The van der Waals surface area contributed by atoms with E-state index in [0.717, 1.165) is 6.26 Å². The van der Waals surface area contributed by atoms with Crippen LogP contribution in [-0.4, -0.2) is 19.7 Å². The Hall–Kier alpha value is -1.16. The molecule has 1 heterocycles. The van der Waals surface area contributed by atoms with E-state index in [1.165, 1.54) is 18.3 Å². The van der Waals surface area contributed by atoms with Crippen LogP contribution >= 0.6 is 0 Å². The number of nitrogens with zero attached hydrogens (tertiary/aromatic N) is 1. The van der Waals surface area contributed by atoms with E-state index in [4.69, 9.17) is 0 Å². The zero-order valence-electron chi connectivity index (χ0n) is 6.69. The Labute approximate surface area is 71.7 Å². The second-order valence-corrected chi connectivity index (χ2v) is 4.35. The van der Waals surface area contributed by atoms with E-state index >= 15 is 0 Å². The van der Waals surface area contributed by atoms with Crippen molar-refractivity contribution in [1.29, 1.82) is 0 Å². The summed E-state index contributed by atoms with van der Waals surface area (Å²) in [5.41, 5.74) is 0.403. The molecule has 0 unspecified atom stereocenters. The monoisotopic (exact) mass is 183 g/mol. The lowest BCUT2D eigenvalue weighted by atomic mass is 10.3. The van der Waals surface area contributed by atoms with E-state index in [9.17, 15) is 8.42 Å². The molecule has 0 aliphatic rings. The van der Waals surface area contributed by atoms with Crippen molar-refractivity contribution in [2.24, 2.45) is 0 Å². The second kappa shape index (κ2) is 3.06. The Kier molecular flexibility index (Phi) is 2.28. The molecule has 0 bridgehead atoms. The van der Waals surface area contributed by atoms with Crippen LogP contribution < -0.4 is 0 Å². The summed E-state index contributed by atoms with van der Waals surface area (Å²) in [5.74, 6) is 0. The zero-order chi connectivity index (χ0) is 9.19. The quantitative estimate of drug-likeness (QED) is 0.690. The topological polar surface area (TPSA) is 47.0 Å². The SMILES string of the molecule is C=Cc1ncccc1S(C)(=O)=O. The fourth-order valence-electron chi connectivity index (χ4n) is 0.870. The van der Waals surface area contributed by atoms with E-state index < -0.39 is 9.84 Å². The van der Waals surface area contributed by atoms with Crippen molar-refractivity contribution in [2.45, 2.75) is 4.90 Å². The van der Waals surface area contributed by atoms with Gasteiger partial charge in [0.2, 0.25) is 0 Å². The third kappa shape index (κ3) is 1.71. The summed E-state index contributed by atoms with van der Waals surface area (Å²) in [6, 6.07) is 3.10. The third-order valence-corrected chi connectivity index (χ3v) is 2.54. The summed E-state index contributed by atoms with van der Waals surface area (Å²) < 4.78 is 22.2. The highest BCUT2D eigenvalue weighted by atomic mass is 32.2. The highest BCUT2D eigenvalue weighted by Crippen LogP contribution is 2.12. The van der Waals surface area contributed by atoms with Gasteiger partial charge in [-0.15, -0.1) is 0 Å². The van der Waals surface area contributed by atoms with Crippen molar-refractivity contribution < 1.29 is 8.42 Å². The average molecular weight is 183 g/mol. The molecule has 0 N–H and O–H groups in total. The van der Waals surface area contributed by atoms with E-state index in [-0.39, 0.29) is 4.90 Å². The van der Waals surface area contributed by atoms with Crippen LogP contribution in [0.3, 0.4) is 0 Å². The van der Waals surface area contributed by atoms with E-state index in [0.29, 0.717) is 5.69 Å². The molecule has 64 valence electrons. The van der Waals surface area contributed by atoms with Crippen LogP contribution in [0.15, 0.2) is 29.8 Å². The highest BCUT2D eigenvalue weighted by Gasteiger charge is 2.10. The Morgan fingerprint density at radius 1 is 1.58 bits per heavy atom. The predicted molar refractivity (Wildman–Crippen MR) is 47.4 cm³/mol. The molecular weight excluding hydrogens is 174 g/mol. The number of aromatic nitrogens is 1. The Morgan fingerprint density at radius 2 is 2.25 bits per heavy atom. The van der Waals surface area contributed by atoms with Gasteiger partial charge in [-0.3, -0.25) is 4.98 Å². The van der Waals surface area contributed by atoms with Crippen molar-refractivity contribution >= 4 is 15.9 Å². The molecule has 0 aromatic carbocycles. The Bertz CT molecular complexity index is 395. The molecule has 0 aliphatic carbocycles. The van der Waals surface area contributed by atoms with Gasteiger partial charge in [0.1, 0.15) is 0 Å². The molecule has 0 saturated heterocycles. The molecule has 0 radical (unpaired) electrons. The highest BCUT2D eigenvalue weighted by molar-refractivity contribution is 7.90. The molecule has 0 fully saturated rings. The van der Waals surface area contributed by atoms with Gasteiger partial charge < -0.3 is 0 Å². The summed E-state index contributed by atoms with van der Waals surface area (Å²) in [5, 5.41) is 0. The normalized spacial score (nSPS) is 11.1. The van der Waals surface area contributed by atoms with Crippen LogP contribution in [0.4, 0.5) is 0 Å². The molecule has 1 aromatic rings. The van der Waals surface area contributed by atoms with E-state index in [1.807, 2.05) is 0 Å². The first kappa shape index (κ1) is 8.93.